The largest absolute Gasteiger partial charge is 0.480 e. The average Bonchev–Trinajstić information content (AvgIpc) is 2.70. The van der Waals surface area contributed by atoms with Crippen LogP contribution in [0, 0.1) is 0 Å². The van der Waals surface area contributed by atoms with Crippen LogP contribution in [0.5, 0.6) is 5.75 Å². The molecule has 0 aromatic heterocycles. The van der Waals surface area contributed by atoms with Crippen LogP contribution in [0.3, 0.4) is 0 Å². The fourth-order valence-electron chi connectivity index (χ4n) is 2.57. The number of benzene rings is 2. The van der Waals surface area contributed by atoms with Gasteiger partial charge in [-0.1, -0.05) is 30.3 Å². The summed E-state index contributed by atoms with van der Waals surface area (Å²) in [5.74, 6) is -0.105. The van der Waals surface area contributed by atoms with Crippen molar-refractivity contribution in [3.05, 3.63) is 60.2 Å². The van der Waals surface area contributed by atoms with Gasteiger partial charge in [-0.3, -0.25) is 9.88 Å². The van der Waals surface area contributed by atoms with Crippen LogP contribution < -0.4 is 15.3 Å². The number of para-hydroxylation sites is 1. The maximum absolute atomic E-state index is 13.8. The predicted octanol–water partition coefficient (Wildman–Crippen LogP) is 4.02. The van der Waals surface area contributed by atoms with Gasteiger partial charge in [0.1, 0.15) is 11.8 Å². The van der Waals surface area contributed by atoms with E-state index in [9.17, 15) is 9.36 Å². The van der Waals surface area contributed by atoms with Crippen LogP contribution >= 0.6 is 30.9 Å². The van der Waals surface area contributed by atoms with E-state index < -0.39 is 19.7 Å². The summed E-state index contributed by atoms with van der Waals surface area (Å²) in [7, 11) is -3.57. The Balaban J connectivity index is 2.24. The monoisotopic (exact) mass is 459 g/mol. The lowest BCUT2D eigenvalue weighted by molar-refractivity contribution is -0.138. The van der Waals surface area contributed by atoms with Crippen LogP contribution in [0.4, 0.5) is 5.69 Å². The molecular formula is C19H24Cl2N3O4P. The highest BCUT2D eigenvalue weighted by Crippen LogP contribution is 2.50. The predicted molar refractivity (Wildman–Crippen MR) is 117 cm³/mol. The minimum absolute atomic E-state index is 0.193. The van der Waals surface area contributed by atoms with Gasteiger partial charge in [-0.05, 0) is 36.2 Å². The number of carbonyl (C=O) groups is 1. The lowest BCUT2D eigenvalue weighted by atomic mass is 10.1. The molecular weight excluding hydrogens is 436 g/mol. The average molecular weight is 460 g/mol. The highest BCUT2D eigenvalue weighted by Gasteiger charge is 2.33. The molecule has 0 aliphatic heterocycles. The zero-order chi connectivity index (χ0) is 21.3. The summed E-state index contributed by atoms with van der Waals surface area (Å²) in [4.78, 5) is 10.9. The van der Waals surface area contributed by atoms with Crippen LogP contribution in [0.15, 0.2) is 54.6 Å². The van der Waals surface area contributed by atoms with Gasteiger partial charge < -0.3 is 15.4 Å². The second-order valence-electron chi connectivity index (χ2n) is 6.21. The molecule has 0 amide bonds. The molecule has 0 radical (unpaired) electrons. The lowest BCUT2D eigenvalue weighted by Crippen LogP contribution is -2.32. The molecule has 2 unspecified atom stereocenters. The van der Waals surface area contributed by atoms with Gasteiger partial charge in [-0.15, -0.1) is 23.2 Å². The minimum atomic E-state index is -3.57. The van der Waals surface area contributed by atoms with Crippen LogP contribution in [0.2, 0.25) is 0 Å². The number of nitrogens with zero attached hydrogens (tertiary/aromatic N) is 1. The van der Waals surface area contributed by atoms with Gasteiger partial charge in [0.2, 0.25) is 0 Å². The maximum Gasteiger partial charge on any atom is 0.419 e. The molecule has 0 bridgehead atoms. The van der Waals surface area contributed by atoms with Crippen molar-refractivity contribution in [3.63, 3.8) is 0 Å². The molecule has 0 fully saturated rings. The number of carboxylic acid groups (broad SMARTS) is 1. The van der Waals surface area contributed by atoms with Crippen molar-refractivity contribution in [3.8, 4) is 5.75 Å². The van der Waals surface area contributed by atoms with Gasteiger partial charge in [-0.2, -0.15) is 0 Å². The molecule has 2 atom stereocenters. The summed E-state index contributed by atoms with van der Waals surface area (Å²) < 4.78 is 21.2. The number of anilines is 1. The van der Waals surface area contributed by atoms with Gasteiger partial charge >= 0.3 is 13.6 Å². The zero-order valence-electron chi connectivity index (χ0n) is 15.7. The molecule has 0 aliphatic rings. The Kier molecular flexibility index (Phi) is 9.27. The Bertz CT molecular complexity index is 818. The van der Waals surface area contributed by atoms with E-state index >= 15 is 0 Å². The minimum Gasteiger partial charge on any atom is -0.480 e. The maximum atomic E-state index is 13.8. The molecule has 158 valence electrons. The third-order valence-corrected chi connectivity index (χ3v) is 6.51. The van der Waals surface area contributed by atoms with Crippen molar-refractivity contribution in [2.24, 2.45) is 5.73 Å². The first-order valence-electron chi connectivity index (χ1n) is 8.95. The standard InChI is InChI=1S/C19H24Cl2N3O4P/c20-10-12-24(13-11-21)29(27,28-17-4-2-1-3-5-17)23-16-8-6-15(7-9-16)14-18(22)19(25)26/h1-9,18H,10-14,22H2,(H,23,27)(H,25,26). The Labute approximate surface area is 180 Å². The number of halogens is 2. The second kappa shape index (κ2) is 11.4. The van der Waals surface area contributed by atoms with Gasteiger partial charge in [-0.25, -0.2) is 9.24 Å². The fourth-order valence-corrected chi connectivity index (χ4v) is 5.12. The first-order valence-corrected chi connectivity index (χ1v) is 11.6. The molecule has 0 aliphatic carbocycles. The highest BCUT2D eigenvalue weighted by atomic mass is 35.5. The molecule has 0 saturated carbocycles. The quantitative estimate of drug-likeness (QED) is 0.325. The molecule has 2 rings (SSSR count). The molecule has 0 spiro atoms. The van der Waals surface area contributed by atoms with Crippen molar-refractivity contribution in [1.29, 1.82) is 0 Å². The molecule has 2 aromatic carbocycles. The first kappa shape index (κ1) is 23.5. The Morgan fingerprint density at radius 3 is 2.21 bits per heavy atom. The van der Waals surface area contributed by atoms with E-state index in [-0.39, 0.29) is 18.2 Å². The topological polar surface area (TPSA) is 105 Å². The van der Waals surface area contributed by atoms with E-state index in [1.54, 1.807) is 53.2 Å². The van der Waals surface area contributed by atoms with Gasteiger partial charge in [0.15, 0.2) is 0 Å². The molecule has 0 saturated heterocycles. The van der Waals surface area contributed by atoms with Crippen molar-refractivity contribution in [1.82, 2.24) is 4.67 Å². The van der Waals surface area contributed by atoms with E-state index in [1.807, 2.05) is 6.07 Å². The summed E-state index contributed by atoms with van der Waals surface area (Å²) >= 11 is 11.8. The van der Waals surface area contributed by atoms with Crippen molar-refractivity contribution >= 4 is 42.5 Å². The number of nitrogens with one attached hydrogen (secondary N) is 1. The van der Waals surface area contributed by atoms with Crippen LogP contribution in [-0.4, -0.2) is 46.6 Å². The van der Waals surface area contributed by atoms with E-state index in [0.29, 0.717) is 24.5 Å². The summed E-state index contributed by atoms with van der Waals surface area (Å²) in [6.07, 6.45) is 0.193. The normalized spacial score (nSPS) is 14.2. The number of carboxylic acids is 1. The first-order chi connectivity index (χ1) is 13.9. The van der Waals surface area contributed by atoms with E-state index in [1.165, 1.54) is 0 Å². The summed E-state index contributed by atoms with van der Waals surface area (Å²) in [5.41, 5.74) is 6.87. The Hall–Kier alpha value is -1.76. The smallest absolute Gasteiger partial charge is 0.419 e. The Morgan fingerprint density at radius 2 is 1.69 bits per heavy atom. The van der Waals surface area contributed by atoms with Gasteiger partial charge in [0.25, 0.3) is 0 Å². The number of nitrogens with two attached hydrogens (primary N) is 1. The number of rotatable bonds is 12. The van der Waals surface area contributed by atoms with Crippen molar-refractivity contribution in [2.75, 3.05) is 29.9 Å². The number of alkyl halides is 2. The third kappa shape index (κ3) is 7.21. The lowest BCUT2D eigenvalue weighted by Gasteiger charge is -2.31. The van der Waals surface area contributed by atoms with Crippen LogP contribution in [-0.2, 0) is 15.8 Å². The molecule has 0 heterocycles. The summed E-state index contributed by atoms with van der Waals surface area (Å²) in [5, 5.41) is 11.9. The molecule has 10 heteroatoms. The van der Waals surface area contributed by atoms with Gasteiger partial charge in [0, 0.05) is 30.5 Å². The van der Waals surface area contributed by atoms with Crippen LogP contribution in [0.1, 0.15) is 5.56 Å². The summed E-state index contributed by atoms with van der Waals surface area (Å²) in [6.45, 7) is 0.633. The number of hydrogen-bond donors (Lipinski definition) is 3. The molecule has 29 heavy (non-hydrogen) atoms. The highest BCUT2D eigenvalue weighted by molar-refractivity contribution is 7.58. The van der Waals surface area contributed by atoms with Crippen molar-refractivity contribution in [2.45, 2.75) is 12.5 Å². The number of hydrogen-bond acceptors (Lipinski definition) is 4. The zero-order valence-corrected chi connectivity index (χ0v) is 18.1. The third-order valence-electron chi connectivity index (χ3n) is 4.03. The molecule has 4 N–H and O–H groups in total. The molecule has 2 aromatic rings. The fraction of sp³-hybridized carbons (Fsp3) is 0.316. The number of aliphatic carboxylic acids is 1. The van der Waals surface area contributed by atoms with E-state index in [4.69, 9.17) is 38.6 Å². The second-order valence-corrected chi connectivity index (χ2v) is 8.98. The SMILES string of the molecule is NC(Cc1ccc(NP(=O)(Oc2ccccc2)N(CCCl)CCCl)cc1)C(=O)O. The van der Waals surface area contributed by atoms with Crippen LogP contribution in [0.25, 0.3) is 0 Å². The molecule has 7 nitrogen and oxygen atoms in total. The van der Waals surface area contributed by atoms with Gasteiger partial charge in [0.05, 0.1) is 0 Å². The van der Waals surface area contributed by atoms with Crippen molar-refractivity contribution < 1.29 is 19.0 Å². The van der Waals surface area contributed by atoms with E-state index in [2.05, 4.69) is 5.09 Å². The summed E-state index contributed by atoms with van der Waals surface area (Å²) in [6, 6.07) is 14.7. The van der Waals surface area contributed by atoms with E-state index in [0.717, 1.165) is 5.56 Å². The Morgan fingerprint density at radius 1 is 1.10 bits per heavy atom.